The molecular formula is C36H62O6. The molecular weight excluding hydrogens is 528 g/mol. The van der Waals surface area contributed by atoms with Crippen molar-refractivity contribution >= 4 is 0 Å². The van der Waals surface area contributed by atoms with Gasteiger partial charge in [0.05, 0.1) is 12.7 Å². The van der Waals surface area contributed by atoms with E-state index in [4.69, 9.17) is 9.47 Å². The minimum Gasteiger partial charge on any atom is -0.394 e. The van der Waals surface area contributed by atoms with E-state index in [2.05, 4.69) is 54.5 Å². The third kappa shape index (κ3) is 5.36. The average Bonchev–Trinajstić information content (AvgIpc) is 3.24. The van der Waals surface area contributed by atoms with Crippen molar-refractivity contribution in [1.82, 2.24) is 0 Å². The van der Waals surface area contributed by atoms with E-state index >= 15 is 0 Å². The first-order valence-corrected chi connectivity index (χ1v) is 17.5. The van der Waals surface area contributed by atoms with Crippen LogP contribution in [-0.2, 0) is 9.47 Å². The van der Waals surface area contributed by atoms with Gasteiger partial charge in [-0.1, -0.05) is 66.5 Å². The highest BCUT2D eigenvalue weighted by Crippen LogP contribution is 2.71. The van der Waals surface area contributed by atoms with Gasteiger partial charge in [-0.2, -0.15) is 0 Å². The average molecular weight is 591 g/mol. The second-order valence-electron chi connectivity index (χ2n) is 16.3. The third-order valence-corrected chi connectivity index (χ3v) is 14.4. The van der Waals surface area contributed by atoms with Gasteiger partial charge in [-0.05, 0) is 116 Å². The third-order valence-electron chi connectivity index (χ3n) is 14.4. The summed E-state index contributed by atoms with van der Waals surface area (Å²) in [6, 6.07) is 0. The maximum atomic E-state index is 10.5. The molecule has 3 saturated carbocycles. The van der Waals surface area contributed by atoms with Gasteiger partial charge in [0, 0.05) is 0 Å². The molecule has 0 aromatic heterocycles. The van der Waals surface area contributed by atoms with E-state index < -0.39 is 37.3 Å². The van der Waals surface area contributed by atoms with Crippen LogP contribution in [0.3, 0.4) is 0 Å². The molecule has 6 nitrogen and oxygen atoms in total. The van der Waals surface area contributed by atoms with Crippen molar-refractivity contribution in [2.45, 2.75) is 156 Å². The van der Waals surface area contributed by atoms with E-state index in [1.165, 1.54) is 56.9 Å². The zero-order valence-corrected chi connectivity index (χ0v) is 27.6. The number of hydrogen-bond acceptors (Lipinski definition) is 6. The van der Waals surface area contributed by atoms with Crippen LogP contribution in [0.5, 0.6) is 0 Å². The van der Waals surface area contributed by atoms with E-state index in [0.717, 1.165) is 48.9 Å². The summed E-state index contributed by atoms with van der Waals surface area (Å²) in [5, 5.41) is 40.5. The van der Waals surface area contributed by atoms with Crippen molar-refractivity contribution in [1.29, 1.82) is 0 Å². The fourth-order valence-corrected chi connectivity index (χ4v) is 11.0. The van der Waals surface area contributed by atoms with Crippen LogP contribution in [0.2, 0.25) is 0 Å². The molecule has 0 radical (unpaired) electrons. The van der Waals surface area contributed by atoms with Gasteiger partial charge in [0.1, 0.15) is 24.4 Å². The summed E-state index contributed by atoms with van der Waals surface area (Å²) in [5.41, 5.74) is 2.52. The molecule has 14 atom stereocenters. The van der Waals surface area contributed by atoms with Crippen molar-refractivity contribution < 1.29 is 29.9 Å². The monoisotopic (exact) mass is 590 g/mol. The molecule has 5 aliphatic rings. The van der Waals surface area contributed by atoms with Crippen LogP contribution in [0.15, 0.2) is 11.6 Å². The van der Waals surface area contributed by atoms with Gasteiger partial charge >= 0.3 is 0 Å². The Labute approximate surface area is 255 Å². The summed E-state index contributed by atoms with van der Waals surface area (Å²) in [6.45, 7) is 17.1. The lowest BCUT2D eigenvalue weighted by atomic mass is 9.44. The summed E-state index contributed by atoms with van der Waals surface area (Å²) in [6.07, 6.45) is 9.73. The Morgan fingerprint density at radius 1 is 0.929 bits per heavy atom. The van der Waals surface area contributed by atoms with Crippen LogP contribution in [0, 0.1) is 51.8 Å². The lowest BCUT2D eigenvalue weighted by Gasteiger charge is -2.60. The molecule has 14 unspecified atom stereocenters. The SMILES string of the molecule is CCC(CCC(C)C1(C)CCC2C3CC=C4CC(OC5OC(CO)C(O)C(O)C5O)CCC4(C)C3CCC21C)C(C)C. The highest BCUT2D eigenvalue weighted by molar-refractivity contribution is 5.26. The summed E-state index contributed by atoms with van der Waals surface area (Å²) in [4.78, 5) is 0. The van der Waals surface area contributed by atoms with Crippen molar-refractivity contribution in [2.75, 3.05) is 6.61 Å². The number of allylic oxidation sites excluding steroid dienone is 1. The molecule has 4 aliphatic carbocycles. The Balaban J connectivity index is 1.26. The highest BCUT2D eigenvalue weighted by Gasteiger charge is 2.63. The van der Waals surface area contributed by atoms with Gasteiger partial charge in [-0.25, -0.2) is 0 Å². The number of ether oxygens (including phenoxy) is 2. The molecule has 0 spiro atoms. The van der Waals surface area contributed by atoms with E-state index in [-0.39, 0.29) is 11.5 Å². The predicted molar refractivity (Wildman–Crippen MR) is 165 cm³/mol. The van der Waals surface area contributed by atoms with Crippen LogP contribution in [-0.4, -0.2) is 63.8 Å². The summed E-state index contributed by atoms with van der Waals surface area (Å²) in [5.74, 6) is 4.66. The van der Waals surface area contributed by atoms with Crippen LogP contribution in [0.4, 0.5) is 0 Å². The topological polar surface area (TPSA) is 99.4 Å². The van der Waals surface area contributed by atoms with Gasteiger partial charge in [0.15, 0.2) is 6.29 Å². The molecule has 42 heavy (non-hydrogen) atoms. The minimum atomic E-state index is -1.40. The molecule has 0 aromatic carbocycles. The lowest BCUT2D eigenvalue weighted by molar-refractivity contribution is -0.313. The zero-order valence-electron chi connectivity index (χ0n) is 27.6. The molecule has 4 N–H and O–H groups in total. The quantitative estimate of drug-likeness (QED) is 0.237. The van der Waals surface area contributed by atoms with E-state index in [9.17, 15) is 20.4 Å². The van der Waals surface area contributed by atoms with E-state index in [1.807, 2.05) is 0 Å². The lowest BCUT2D eigenvalue weighted by Crippen LogP contribution is -2.60. The first-order chi connectivity index (χ1) is 19.8. The Morgan fingerprint density at radius 3 is 2.31 bits per heavy atom. The molecule has 1 aliphatic heterocycles. The van der Waals surface area contributed by atoms with Crippen molar-refractivity contribution in [2.24, 2.45) is 51.8 Å². The van der Waals surface area contributed by atoms with Gasteiger partial charge in [0.2, 0.25) is 0 Å². The summed E-state index contributed by atoms with van der Waals surface area (Å²) >= 11 is 0. The smallest absolute Gasteiger partial charge is 0.186 e. The van der Waals surface area contributed by atoms with Gasteiger partial charge < -0.3 is 29.9 Å². The largest absolute Gasteiger partial charge is 0.394 e. The Hall–Kier alpha value is -0.500. The maximum Gasteiger partial charge on any atom is 0.186 e. The molecule has 242 valence electrons. The molecule has 0 bridgehead atoms. The van der Waals surface area contributed by atoms with E-state index in [1.54, 1.807) is 0 Å². The second kappa shape index (κ2) is 12.4. The number of rotatable bonds is 9. The standard InChI is InChI=1S/C36H62O6/c1-8-23(21(2)3)10-9-22(4)35(6)17-15-28-26-12-11-24-19-25(13-16-34(24,5)27(26)14-18-36(28,35)7)41-33-32(40)31(39)30(38)29(20-37)42-33/h11,21-23,25-33,37-40H,8-10,12-20H2,1-7H3. The van der Waals surface area contributed by atoms with Crippen LogP contribution in [0.25, 0.3) is 0 Å². The first kappa shape index (κ1) is 32.9. The number of hydrogen-bond donors (Lipinski definition) is 4. The van der Waals surface area contributed by atoms with Gasteiger partial charge in [-0.3, -0.25) is 0 Å². The van der Waals surface area contributed by atoms with Crippen LogP contribution in [0.1, 0.15) is 119 Å². The number of aliphatic hydroxyl groups excluding tert-OH is 4. The second-order valence-corrected chi connectivity index (χ2v) is 16.3. The highest BCUT2D eigenvalue weighted by atomic mass is 16.7. The fourth-order valence-electron chi connectivity index (χ4n) is 11.0. The zero-order chi connectivity index (χ0) is 30.6. The Kier molecular flexibility index (Phi) is 9.68. The van der Waals surface area contributed by atoms with Crippen molar-refractivity contribution in [3.05, 3.63) is 11.6 Å². The first-order valence-electron chi connectivity index (χ1n) is 17.5. The Bertz CT molecular complexity index is 965. The van der Waals surface area contributed by atoms with Gasteiger partial charge in [-0.15, -0.1) is 0 Å². The molecule has 1 saturated heterocycles. The summed E-state index contributed by atoms with van der Waals surface area (Å²) in [7, 11) is 0. The minimum absolute atomic E-state index is 0.107. The molecule has 0 aromatic rings. The van der Waals surface area contributed by atoms with E-state index in [0.29, 0.717) is 16.7 Å². The molecule has 1 heterocycles. The van der Waals surface area contributed by atoms with Crippen molar-refractivity contribution in [3.8, 4) is 0 Å². The maximum absolute atomic E-state index is 10.5. The van der Waals surface area contributed by atoms with Crippen molar-refractivity contribution in [3.63, 3.8) is 0 Å². The Morgan fingerprint density at radius 2 is 1.64 bits per heavy atom. The number of fused-ring (bicyclic) bond motifs is 5. The predicted octanol–water partition coefficient (Wildman–Crippen LogP) is 6.24. The number of aliphatic hydroxyl groups is 4. The molecule has 6 heteroatoms. The normalized spacial score (nSPS) is 48.7. The summed E-state index contributed by atoms with van der Waals surface area (Å²) < 4.78 is 11.9. The molecule has 5 rings (SSSR count). The van der Waals surface area contributed by atoms with Crippen LogP contribution < -0.4 is 0 Å². The molecule has 4 fully saturated rings. The fraction of sp³-hybridized carbons (Fsp3) is 0.944. The molecule has 0 amide bonds. The van der Waals surface area contributed by atoms with Gasteiger partial charge in [0.25, 0.3) is 0 Å². The van der Waals surface area contributed by atoms with Crippen LogP contribution >= 0.6 is 0 Å².